The van der Waals surface area contributed by atoms with Gasteiger partial charge in [-0.25, -0.2) is 13.1 Å². The SMILES string of the molecule is CC(NS(=O)(=O)c1ccc(Cl)c(CN)c1)C(C)(C)C. The van der Waals surface area contributed by atoms with Crippen molar-refractivity contribution in [2.75, 3.05) is 0 Å². The number of nitrogens with one attached hydrogen (secondary N) is 1. The first-order chi connectivity index (χ1) is 8.58. The number of halogens is 1. The van der Waals surface area contributed by atoms with Gasteiger partial charge in [-0.2, -0.15) is 0 Å². The predicted octanol–water partition coefficient (Wildman–Crippen LogP) is 2.51. The van der Waals surface area contributed by atoms with Gasteiger partial charge in [-0.3, -0.25) is 0 Å². The summed E-state index contributed by atoms with van der Waals surface area (Å²) in [7, 11) is -3.56. The van der Waals surface area contributed by atoms with E-state index in [0.717, 1.165) is 0 Å². The van der Waals surface area contributed by atoms with Gasteiger partial charge in [-0.05, 0) is 36.1 Å². The maximum atomic E-state index is 12.3. The van der Waals surface area contributed by atoms with Crippen LogP contribution in [-0.4, -0.2) is 14.5 Å². The van der Waals surface area contributed by atoms with Crippen LogP contribution in [0.4, 0.5) is 0 Å². The maximum Gasteiger partial charge on any atom is 0.240 e. The van der Waals surface area contributed by atoms with Crippen molar-refractivity contribution in [3.63, 3.8) is 0 Å². The second kappa shape index (κ2) is 5.79. The summed E-state index contributed by atoms with van der Waals surface area (Å²) in [6, 6.07) is 4.37. The summed E-state index contributed by atoms with van der Waals surface area (Å²) in [6.07, 6.45) is 0. The van der Waals surface area contributed by atoms with Crippen LogP contribution < -0.4 is 10.5 Å². The second-order valence-electron chi connectivity index (χ2n) is 5.67. The number of hydrogen-bond acceptors (Lipinski definition) is 3. The van der Waals surface area contributed by atoms with E-state index in [2.05, 4.69) is 4.72 Å². The summed E-state index contributed by atoms with van der Waals surface area (Å²) in [5.74, 6) is 0. The highest BCUT2D eigenvalue weighted by Crippen LogP contribution is 2.23. The quantitative estimate of drug-likeness (QED) is 0.897. The average Bonchev–Trinajstić information content (AvgIpc) is 2.27. The van der Waals surface area contributed by atoms with Crippen molar-refractivity contribution in [1.29, 1.82) is 0 Å². The van der Waals surface area contributed by atoms with Crippen molar-refractivity contribution < 1.29 is 8.42 Å². The molecule has 3 N–H and O–H groups in total. The Morgan fingerprint density at radius 1 is 1.37 bits per heavy atom. The Bertz CT molecular complexity index is 550. The average molecular weight is 305 g/mol. The molecule has 0 amide bonds. The molecule has 4 nitrogen and oxygen atoms in total. The van der Waals surface area contributed by atoms with Crippen molar-refractivity contribution in [1.82, 2.24) is 4.72 Å². The van der Waals surface area contributed by atoms with Gasteiger partial charge in [-0.15, -0.1) is 0 Å². The fourth-order valence-electron chi connectivity index (χ4n) is 1.35. The molecule has 0 aliphatic rings. The molecule has 0 saturated heterocycles. The highest BCUT2D eigenvalue weighted by molar-refractivity contribution is 7.89. The monoisotopic (exact) mass is 304 g/mol. The van der Waals surface area contributed by atoms with Crippen LogP contribution in [0.2, 0.25) is 5.02 Å². The van der Waals surface area contributed by atoms with Gasteiger partial charge in [0.15, 0.2) is 0 Å². The third kappa shape index (κ3) is 4.18. The fourth-order valence-corrected chi connectivity index (χ4v) is 3.05. The van der Waals surface area contributed by atoms with Gasteiger partial charge in [0.2, 0.25) is 10.0 Å². The lowest BCUT2D eigenvalue weighted by Crippen LogP contribution is -2.41. The first kappa shape index (κ1) is 16.4. The van der Waals surface area contributed by atoms with Gasteiger partial charge in [0, 0.05) is 17.6 Å². The molecule has 1 rings (SSSR count). The Balaban J connectivity index is 3.08. The van der Waals surface area contributed by atoms with E-state index < -0.39 is 10.0 Å². The van der Waals surface area contributed by atoms with Crippen LogP contribution in [0.5, 0.6) is 0 Å². The zero-order valence-electron chi connectivity index (χ0n) is 11.7. The lowest BCUT2D eigenvalue weighted by Gasteiger charge is -2.27. The van der Waals surface area contributed by atoms with Crippen LogP contribution in [-0.2, 0) is 16.6 Å². The second-order valence-corrected chi connectivity index (χ2v) is 7.79. The number of rotatable bonds is 4. The summed E-state index contributed by atoms with van der Waals surface area (Å²) in [5.41, 5.74) is 6.00. The molecular formula is C13H21ClN2O2S. The third-order valence-electron chi connectivity index (χ3n) is 3.18. The van der Waals surface area contributed by atoms with Gasteiger partial charge < -0.3 is 5.73 Å². The lowest BCUT2D eigenvalue weighted by atomic mass is 9.89. The van der Waals surface area contributed by atoms with E-state index >= 15 is 0 Å². The Labute approximate surface area is 120 Å². The molecule has 1 aromatic rings. The number of benzene rings is 1. The standard InChI is InChI=1S/C13H21ClN2O2S/c1-9(13(2,3)4)16-19(17,18)11-5-6-12(14)10(7-11)8-15/h5-7,9,16H,8,15H2,1-4H3. The molecule has 0 heterocycles. The molecule has 19 heavy (non-hydrogen) atoms. The van der Waals surface area contributed by atoms with Crippen LogP contribution in [0.3, 0.4) is 0 Å². The van der Waals surface area contributed by atoms with Crippen molar-refractivity contribution in [2.45, 2.75) is 45.2 Å². The van der Waals surface area contributed by atoms with Crippen molar-refractivity contribution >= 4 is 21.6 Å². The maximum absolute atomic E-state index is 12.3. The zero-order chi connectivity index (χ0) is 14.8. The fraction of sp³-hybridized carbons (Fsp3) is 0.538. The molecule has 0 radical (unpaired) electrons. The van der Waals surface area contributed by atoms with Gasteiger partial charge >= 0.3 is 0 Å². The Morgan fingerprint density at radius 3 is 2.42 bits per heavy atom. The highest BCUT2D eigenvalue weighted by Gasteiger charge is 2.26. The highest BCUT2D eigenvalue weighted by atomic mass is 35.5. The minimum absolute atomic E-state index is 0.157. The van der Waals surface area contributed by atoms with Crippen LogP contribution in [0, 0.1) is 5.41 Å². The smallest absolute Gasteiger partial charge is 0.240 e. The first-order valence-corrected chi connectivity index (χ1v) is 7.95. The van der Waals surface area contributed by atoms with E-state index in [-0.39, 0.29) is 22.9 Å². The van der Waals surface area contributed by atoms with E-state index in [1.807, 2.05) is 27.7 Å². The minimum Gasteiger partial charge on any atom is -0.326 e. The molecule has 1 aromatic carbocycles. The predicted molar refractivity (Wildman–Crippen MR) is 78.6 cm³/mol. The summed E-state index contributed by atoms with van der Waals surface area (Å²) in [6.45, 7) is 7.99. The number of nitrogens with two attached hydrogens (primary N) is 1. The molecule has 1 atom stereocenters. The van der Waals surface area contributed by atoms with Crippen LogP contribution >= 0.6 is 11.6 Å². The van der Waals surface area contributed by atoms with Gasteiger partial charge in [0.25, 0.3) is 0 Å². The van der Waals surface area contributed by atoms with E-state index in [1.165, 1.54) is 12.1 Å². The van der Waals surface area contributed by atoms with Gasteiger partial charge in [0.05, 0.1) is 4.90 Å². The minimum atomic E-state index is -3.56. The molecule has 0 fully saturated rings. The normalized spacial score (nSPS) is 14.4. The zero-order valence-corrected chi connectivity index (χ0v) is 13.3. The van der Waals surface area contributed by atoms with Crippen LogP contribution in [0.1, 0.15) is 33.3 Å². The molecule has 0 bridgehead atoms. The molecular weight excluding hydrogens is 284 g/mol. The van der Waals surface area contributed by atoms with Crippen molar-refractivity contribution in [2.24, 2.45) is 11.1 Å². The molecule has 0 aliphatic heterocycles. The van der Waals surface area contributed by atoms with Crippen molar-refractivity contribution in [3.8, 4) is 0 Å². The lowest BCUT2D eigenvalue weighted by molar-refractivity contribution is 0.317. The molecule has 1 unspecified atom stereocenters. The number of hydrogen-bond donors (Lipinski definition) is 2. The molecule has 0 saturated carbocycles. The van der Waals surface area contributed by atoms with E-state index in [1.54, 1.807) is 6.07 Å². The van der Waals surface area contributed by atoms with Crippen molar-refractivity contribution in [3.05, 3.63) is 28.8 Å². The topological polar surface area (TPSA) is 72.2 Å². The summed E-state index contributed by atoms with van der Waals surface area (Å²) >= 11 is 5.93. The Kier molecular flexibility index (Phi) is 5.01. The summed E-state index contributed by atoms with van der Waals surface area (Å²) < 4.78 is 27.2. The van der Waals surface area contributed by atoms with Gasteiger partial charge in [-0.1, -0.05) is 32.4 Å². The third-order valence-corrected chi connectivity index (χ3v) is 5.09. The van der Waals surface area contributed by atoms with Crippen LogP contribution in [0.15, 0.2) is 23.1 Å². The Hall–Kier alpha value is -0.620. The molecule has 0 aromatic heterocycles. The van der Waals surface area contributed by atoms with Crippen LogP contribution in [0.25, 0.3) is 0 Å². The summed E-state index contributed by atoms with van der Waals surface area (Å²) in [4.78, 5) is 0.188. The van der Waals surface area contributed by atoms with Gasteiger partial charge in [0.1, 0.15) is 0 Å². The first-order valence-electron chi connectivity index (χ1n) is 6.09. The Morgan fingerprint density at radius 2 is 1.95 bits per heavy atom. The number of sulfonamides is 1. The molecule has 108 valence electrons. The molecule has 0 aliphatic carbocycles. The van der Waals surface area contributed by atoms with E-state index in [9.17, 15) is 8.42 Å². The molecule has 0 spiro atoms. The molecule has 6 heteroatoms. The van der Waals surface area contributed by atoms with E-state index in [0.29, 0.717) is 10.6 Å². The summed E-state index contributed by atoms with van der Waals surface area (Å²) in [5, 5.41) is 0.477. The largest absolute Gasteiger partial charge is 0.326 e. The van der Waals surface area contributed by atoms with E-state index in [4.69, 9.17) is 17.3 Å².